The van der Waals surface area contributed by atoms with Gasteiger partial charge in [0.05, 0.1) is 5.52 Å². The third kappa shape index (κ3) is 2.22. The minimum absolute atomic E-state index is 0.559. The van der Waals surface area contributed by atoms with Gasteiger partial charge >= 0.3 is 0 Å². The maximum Gasteiger partial charge on any atom is 0.137 e. The molecule has 0 aliphatic rings. The van der Waals surface area contributed by atoms with E-state index in [0.29, 0.717) is 5.15 Å². The Balaban J connectivity index is 2.31. The highest BCUT2D eigenvalue weighted by molar-refractivity contribution is 6.32. The first-order valence-corrected chi connectivity index (χ1v) is 6.66. The van der Waals surface area contributed by atoms with Gasteiger partial charge in [0.2, 0.25) is 0 Å². The molecule has 0 radical (unpaired) electrons. The van der Waals surface area contributed by atoms with Gasteiger partial charge in [-0.15, -0.1) is 0 Å². The van der Waals surface area contributed by atoms with Crippen LogP contribution >= 0.6 is 11.6 Å². The van der Waals surface area contributed by atoms with Crippen molar-refractivity contribution in [1.82, 2.24) is 4.98 Å². The van der Waals surface area contributed by atoms with Gasteiger partial charge in [0.1, 0.15) is 5.15 Å². The number of aryl methyl sites for hydroxylation is 2. The maximum atomic E-state index is 6.33. The molecule has 1 nitrogen and oxygen atoms in total. The molecule has 94 valence electrons. The average molecular weight is 268 g/mol. The van der Waals surface area contributed by atoms with Crippen LogP contribution in [0.2, 0.25) is 5.15 Å². The molecule has 0 aliphatic carbocycles. The topological polar surface area (TPSA) is 12.9 Å². The molecule has 1 aromatic heterocycles. The zero-order valence-corrected chi connectivity index (χ0v) is 11.7. The summed E-state index contributed by atoms with van der Waals surface area (Å²) in [6.07, 6.45) is 0. The zero-order chi connectivity index (χ0) is 13.4. The molecule has 2 heteroatoms. The van der Waals surface area contributed by atoms with E-state index in [1.807, 2.05) is 18.2 Å². The van der Waals surface area contributed by atoms with Gasteiger partial charge in [0, 0.05) is 10.9 Å². The first-order chi connectivity index (χ1) is 9.15. The number of hydrogen-bond donors (Lipinski definition) is 0. The Morgan fingerprint density at radius 1 is 0.947 bits per heavy atom. The maximum absolute atomic E-state index is 6.33. The van der Waals surface area contributed by atoms with Crippen LogP contribution in [0.15, 0.2) is 48.5 Å². The Morgan fingerprint density at radius 3 is 2.42 bits per heavy atom. The third-order valence-electron chi connectivity index (χ3n) is 3.32. The Kier molecular flexibility index (Phi) is 3.00. The van der Waals surface area contributed by atoms with Crippen molar-refractivity contribution >= 4 is 22.5 Å². The fourth-order valence-corrected chi connectivity index (χ4v) is 2.68. The van der Waals surface area contributed by atoms with Crippen LogP contribution in [0.4, 0.5) is 0 Å². The summed E-state index contributed by atoms with van der Waals surface area (Å²) in [5.41, 5.74) is 5.49. The molecule has 3 aromatic rings. The minimum atomic E-state index is 0.559. The van der Waals surface area contributed by atoms with E-state index in [1.165, 1.54) is 11.1 Å². The molecule has 0 saturated heterocycles. The van der Waals surface area contributed by atoms with Gasteiger partial charge < -0.3 is 0 Å². The van der Waals surface area contributed by atoms with Gasteiger partial charge in [-0.25, -0.2) is 4.98 Å². The van der Waals surface area contributed by atoms with Crippen molar-refractivity contribution in [3.8, 4) is 11.1 Å². The van der Waals surface area contributed by atoms with Crippen LogP contribution in [0.1, 0.15) is 11.1 Å². The SMILES string of the molecule is Cc1cc(C)c2cc(-c3ccccc3)c(Cl)nc2c1. The Hall–Kier alpha value is -1.86. The van der Waals surface area contributed by atoms with Crippen LogP contribution in [0.5, 0.6) is 0 Å². The molecule has 0 spiro atoms. The second-order valence-electron chi connectivity index (χ2n) is 4.84. The standard InChI is InChI=1S/C17H14ClN/c1-11-8-12(2)14-10-15(13-6-4-3-5-7-13)17(18)19-16(14)9-11/h3-10H,1-2H3. The van der Waals surface area contributed by atoms with Crippen molar-refractivity contribution in [1.29, 1.82) is 0 Å². The van der Waals surface area contributed by atoms with Gasteiger partial charge in [-0.05, 0) is 42.7 Å². The van der Waals surface area contributed by atoms with E-state index in [0.717, 1.165) is 22.0 Å². The van der Waals surface area contributed by atoms with Gasteiger partial charge in [-0.2, -0.15) is 0 Å². The summed E-state index contributed by atoms with van der Waals surface area (Å²) < 4.78 is 0. The Bertz CT molecular complexity index is 748. The first-order valence-electron chi connectivity index (χ1n) is 6.28. The number of pyridine rings is 1. The van der Waals surface area contributed by atoms with E-state index < -0.39 is 0 Å². The van der Waals surface area contributed by atoms with Crippen LogP contribution in [0.25, 0.3) is 22.0 Å². The predicted octanol–water partition coefficient (Wildman–Crippen LogP) is 5.17. The highest BCUT2D eigenvalue weighted by atomic mass is 35.5. The lowest BCUT2D eigenvalue weighted by molar-refractivity contribution is 1.35. The smallest absolute Gasteiger partial charge is 0.137 e. The second-order valence-corrected chi connectivity index (χ2v) is 5.20. The molecule has 19 heavy (non-hydrogen) atoms. The molecule has 0 fully saturated rings. The molecule has 0 aliphatic heterocycles. The lowest BCUT2D eigenvalue weighted by Gasteiger charge is -2.09. The highest BCUT2D eigenvalue weighted by Gasteiger charge is 2.08. The predicted molar refractivity (Wildman–Crippen MR) is 81.7 cm³/mol. The van der Waals surface area contributed by atoms with Crippen LogP contribution in [0, 0.1) is 13.8 Å². The lowest BCUT2D eigenvalue weighted by Crippen LogP contribution is -1.89. The summed E-state index contributed by atoms with van der Waals surface area (Å²) in [7, 11) is 0. The van der Waals surface area contributed by atoms with E-state index in [1.54, 1.807) is 0 Å². The molecule has 2 aromatic carbocycles. The van der Waals surface area contributed by atoms with E-state index in [-0.39, 0.29) is 0 Å². The van der Waals surface area contributed by atoms with Gasteiger partial charge in [-0.1, -0.05) is 48.0 Å². The largest absolute Gasteiger partial charge is 0.235 e. The monoisotopic (exact) mass is 267 g/mol. The van der Waals surface area contributed by atoms with Crippen molar-refractivity contribution in [2.24, 2.45) is 0 Å². The molecule has 0 N–H and O–H groups in total. The average Bonchev–Trinajstić information content (AvgIpc) is 2.38. The molecular formula is C17H14ClN. The molecule has 1 heterocycles. The molecule has 0 bridgehead atoms. The number of fused-ring (bicyclic) bond motifs is 1. The normalized spacial score (nSPS) is 10.9. The van der Waals surface area contributed by atoms with Crippen molar-refractivity contribution in [2.75, 3.05) is 0 Å². The van der Waals surface area contributed by atoms with E-state index >= 15 is 0 Å². The van der Waals surface area contributed by atoms with Crippen molar-refractivity contribution < 1.29 is 0 Å². The minimum Gasteiger partial charge on any atom is -0.235 e. The summed E-state index contributed by atoms with van der Waals surface area (Å²) in [5.74, 6) is 0. The van der Waals surface area contributed by atoms with Crippen LogP contribution in [-0.4, -0.2) is 4.98 Å². The van der Waals surface area contributed by atoms with E-state index in [9.17, 15) is 0 Å². The fourth-order valence-electron chi connectivity index (χ4n) is 2.43. The number of hydrogen-bond acceptors (Lipinski definition) is 1. The zero-order valence-electron chi connectivity index (χ0n) is 10.9. The summed E-state index contributed by atoms with van der Waals surface area (Å²) >= 11 is 6.33. The fraction of sp³-hybridized carbons (Fsp3) is 0.118. The summed E-state index contributed by atoms with van der Waals surface area (Å²) in [4.78, 5) is 4.54. The number of benzene rings is 2. The molecular weight excluding hydrogens is 254 g/mol. The number of nitrogens with zero attached hydrogens (tertiary/aromatic N) is 1. The highest BCUT2D eigenvalue weighted by Crippen LogP contribution is 2.31. The summed E-state index contributed by atoms with van der Waals surface area (Å²) in [6.45, 7) is 4.19. The van der Waals surface area contributed by atoms with Crippen LogP contribution < -0.4 is 0 Å². The third-order valence-corrected chi connectivity index (χ3v) is 3.61. The van der Waals surface area contributed by atoms with E-state index in [4.69, 9.17) is 11.6 Å². The van der Waals surface area contributed by atoms with E-state index in [2.05, 4.69) is 49.2 Å². The van der Waals surface area contributed by atoms with Crippen LogP contribution in [0.3, 0.4) is 0 Å². The second kappa shape index (κ2) is 4.67. The van der Waals surface area contributed by atoms with Crippen molar-refractivity contribution in [2.45, 2.75) is 13.8 Å². The number of rotatable bonds is 1. The first kappa shape index (κ1) is 12.2. The Morgan fingerprint density at radius 2 is 1.68 bits per heavy atom. The lowest BCUT2D eigenvalue weighted by atomic mass is 10.0. The molecule has 0 amide bonds. The number of halogens is 1. The summed E-state index contributed by atoms with van der Waals surface area (Å²) in [6, 6.07) is 16.5. The number of aromatic nitrogens is 1. The van der Waals surface area contributed by atoms with Crippen molar-refractivity contribution in [3.05, 3.63) is 64.8 Å². The van der Waals surface area contributed by atoms with Crippen molar-refractivity contribution in [3.63, 3.8) is 0 Å². The quantitative estimate of drug-likeness (QED) is 0.554. The molecule has 0 saturated carbocycles. The Labute approximate surface area is 117 Å². The van der Waals surface area contributed by atoms with Gasteiger partial charge in [0.15, 0.2) is 0 Å². The molecule has 0 atom stereocenters. The summed E-state index contributed by atoms with van der Waals surface area (Å²) in [5, 5.41) is 1.72. The van der Waals surface area contributed by atoms with Gasteiger partial charge in [-0.3, -0.25) is 0 Å². The molecule has 0 unspecified atom stereocenters. The van der Waals surface area contributed by atoms with Gasteiger partial charge in [0.25, 0.3) is 0 Å². The van der Waals surface area contributed by atoms with Crippen LogP contribution in [-0.2, 0) is 0 Å². The molecule has 3 rings (SSSR count).